The lowest BCUT2D eigenvalue weighted by Crippen LogP contribution is -2.32. The van der Waals surface area contributed by atoms with E-state index >= 15 is 0 Å². The summed E-state index contributed by atoms with van der Waals surface area (Å²) in [5, 5.41) is 0. The van der Waals surface area contributed by atoms with Gasteiger partial charge in [0.15, 0.2) is 0 Å². The van der Waals surface area contributed by atoms with E-state index in [1.165, 1.54) is 12.1 Å². The molecule has 2 fully saturated rings. The number of rotatable bonds is 3. The molecule has 0 bridgehead atoms. The summed E-state index contributed by atoms with van der Waals surface area (Å²) in [7, 11) is 1.63. The molecule has 0 N–H and O–H groups in total. The Labute approximate surface area is 154 Å². The SMILES string of the molecule is COc1ccc(Br)cc1C1N(c2ccc(F)cc2)C(=O)C2CCCN21. The summed E-state index contributed by atoms with van der Waals surface area (Å²) in [5.41, 5.74) is 1.63. The van der Waals surface area contributed by atoms with Gasteiger partial charge in [0, 0.05) is 22.3 Å². The second-order valence-corrected chi connectivity index (χ2v) is 7.26. The van der Waals surface area contributed by atoms with Crippen LogP contribution in [0.3, 0.4) is 0 Å². The lowest BCUT2D eigenvalue weighted by molar-refractivity contribution is -0.119. The van der Waals surface area contributed by atoms with E-state index in [-0.39, 0.29) is 23.9 Å². The first-order valence-corrected chi connectivity index (χ1v) is 9.07. The molecule has 0 radical (unpaired) electrons. The van der Waals surface area contributed by atoms with E-state index in [2.05, 4.69) is 20.8 Å². The highest BCUT2D eigenvalue weighted by atomic mass is 79.9. The van der Waals surface area contributed by atoms with Gasteiger partial charge in [-0.25, -0.2) is 4.39 Å². The number of methoxy groups -OCH3 is 1. The molecule has 0 spiro atoms. The van der Waals surface area contributed by atoms with E-state index in [1.54, 1.807) is 24.1 Å². The Morgan fingerprint density at radius 3 is 2.68 bits per heavy atom. The molecule has 0 aromatic heterocycles. The topological polar surface area (TPSA) is 32.8 Å². The van der Waals surface area contributed by atoms with Crippen LogP contribution in [0.2, 0.25) is 0 Å². The monoisotopic (exact) mass is 404 g/mol. The van der Waals surface area contributed by atoms with Crippen molar-refractivity contribution in [2.45, 2.75) is 25.0 Å². The van der Waals surface area contributed by atoms with Crippen molar-refractivity contribution >= 4 is 27.5 Å². The van der Waals surface area contributed by atoms with E-state index in [0.717, 1.165) is 35.2 Å². The molecule has 1 amide bonds. The highest BCUT2D eigenvalue weighted by Crippen LogP contribution is 2.45. The molecule has 130 valence electrons. The fourth-order valence-corrected chi connectivity index (χ4v) is 4.25. The summed E-state index contributed by atoms with van der Waals surface area (Å²) in [6.07, 6.45) is 1.60. The summed E-state index contributed by atoms with van der Waals surface area (Å²) in [5.74, 6) is 0.490. The lowest BCUT2D eigenvalue weighted by atomic mass is 10.1. The first-order chi connectivity index (χ1) is 12.1. The number of fused-ring (bicyclic) bond motifs is 1. The number of hydrogen-bond acceptors (Lipinski definition) is 3. The van der Waals surface area contributed by atoms with Crippen molar-refractivity contribution in [1.82, 2.24) is 4.90 Å². The van der Waals surface area contributed by atoms with E-state index in [9.17, 15) is 9.18 Å². The Morgan fingerprint density at radius 2 is 1.96 bits per heavy atom. The van der Waals surface area contributed by atoms with Crippen molar-refractivity contribution in [3.8, 4) is 5.75 Å². The molecule has 2 heterocycles. The number of halogens is 2. The Balaban J connectivity index is 1.85. The molecule has 4 rings (SSSR count). The van der Waals surface area contributed by atoms with Crippen LogP contribution in [0.1, 0.15) is 24.6 Å². The Hall–Kier alpha value is -1.92. The van der Waals surface area contributed by atoms with Crippen LogP contribution in [-0.2, 0) is 4.79 Å². The number of benzene rings is 2. The second kappa shape index (κ2) is 6.42. The average Bonchev–Trinajstić information content (AvgIpc) is 3.18. The van der Waals surface area contributed by atoms with Crippen LogP contribution < -0.4 is 9.64 Å². The van der Waals surface area contributed by atoms with E-state index in [4.69, 9.17) is 4.74 Å². The fraction of sp³-hybridized carbons (Fsp3) is 0.316. The quantitative estimate of drug-likeness (QED) is 0.771. The predicted molar refractivity (Wildman–Crippen MR) is 97.0 cm³/mol. The third-order valence-corrected chi connectivity index (χ3v) is 5.44. The molecule has 0 aliphatic carbocycles. The van der Waals surface area contributed by atoms with Crippen LogP contribution >= 0.6 is 15.9 Å². The zero-order chi connectivity index (χ0) is 17.6. The number of anilines is 1. The minimum Gasteiger partial charge on any atom is -0.496 e. The molecule has 0 saturated carbocycles. The van der Waals surface area contributed by atoms with E-state index in [0.29, 0.717) is 5.69 Å². The van der Waals surface area contributed by atoms with Crippen molar-refractivity contribution in [1.29, 1.82) is 0 Å². The van der Waals surface area contributed by atoms with Gasteiger partial charge in [0.1, 0.15) is 17.7 Å². The van der Waals surface area contributed by atoms with Crippen molar-refractivity contribution in [2.24, 2.45) is 0 Å². The predicted octanol–water partition coefficient (Wildman–Crippen LogP) is 4.11. The fourth-order valence-electron chi connectivity index (χ4n) is 3.87. The van der Waals surface area contributed by atoms with Crippen LogP contribution in [0.25, 0.3) is 0 Å². The maximum absolute atomic E-state index is 13.4. The average molecular weight is 405 g/mol. The zero-order valence-electron chi connectivity index (χ0n) is 13.8. The number of amides is 1. The molecular weight excluding hydrogens is 387 g/mol. The minimum atomic E-state index is -0.313. The summed E-state index contributed by atoms with van der Waals surface area (Å²) in [6.45, 7) is 0.856. The first-order valence-electron chi connectivity index (χ1n) is 8.28. The molecular formula is C19H18BrFN2O2. The molecule has 2 saturated heterocycles. The Kier molecular flexibility index (Phi) is 4.25. The maximum atomic E-state index is 13.4. The molecule has 2 aromatic carbocycles. The van der Waals surface area contributed by atoms with Crippen LogP contribution in [0.15, 0.2) is 46.9 Å². The molecule has 2 unspecified atom stereocenters. The summed E-state index contributed by atoms with van der Waals surface area (Å²) in [4.78, 5) is 17.1. The summed E-state index contributed by atoms with van der Waals surface area (Å²) in [6, 6.07) is 11.8. The smallest absolute Gasteiger partial charge is 0.246 e. The number of nitrogens with zero attached hydrogens (tertiary/aromatic N) is 2. The van der Waals surface area contributed by atoms with Crippen LogP contribution in [0.5, 0.6) is 5.75 Å². The van der Waals surface area contributed by atoms with Gasteiger partial charge in [0.2, 0.25) is 5.91 Å². The van der Waals surface area contributed by atoms with Gasteiger partial charge in [-0.05, 0) is 55.3 Å². The Bertz CT molecular complexity index is 812. The first kappa shape index (κ1) is 16.5. The van der Waals surface area contributed by atoms with Crippen molar-refractivity contribution in [3.05, 3.63) is 58.3 Å². The lowest BCUT2D eigenvalue weighted by Gasteiger charge is -2.31. The zero-order valence-corrected chi connectivity index (χ0v) is 15.4. The van der Waals surface area contributed by atoms with Gasteiger partial charge in [-0.2, -0.15) is 0 Å². The normalized spacial score (nSPS) is 23.2. The third kappa shape index (κ3) is 2.73. The number of carbonyl (C=O) groups excluding carboxylic acids is 1. The van der Waals surface area contributed by atoms with Gasteiger partial charge in [0.25, 0.3) is 0 Å². The van der Waals surface area contributed by atoms with Gasteiger partial charge in [-0.1, -0.05) is 15.9 Å². The molecule has 2 aliphatic heterocycles. The van der Waals surface area contributed by atoms with Gasteiger partial charge in [0.05, 0.1) is 13.2 Å². The molecule has 2 aromatic rings. The number of hydrogen-bond donors (Lipinski definition) is 0. The van der Waals surface area contributed by atoms with Crippen molar-refractivity contribution in [3.63, 3.8) is 0 Å². The molecule has 25 heavy (non-hydrogen) atoms. The molecule has 4 nitrogen and oxygen atoms in total. The van der Waals surface area contributed by atoms with Gasteiger partial charge >= 0.3 is 0 Å². The van der Waals surface area contributed by atoms with Crippen LogP contribution in [-0.4, -0.2) is 30.5 Å². The molecule has 2 atom stereocenters. The van der Waals surface area contributed by atoms with Gasteiger partial charge in [-0.15, -0.1) is 0 Å². The van der Waals surface area contributed by atoms with Crippen molar-refractivity contribution < 1.29 is 13.9 Å². The standard InChI is InChI=1S/C19H18BrFN2O2/c1-25-17-9-4-12(20)11-15(17)18-22-10-2-3-16(22)19(24)23(18)14-7-5-13(21)6-8-14/h4-9,11,16,18H,2-3,10H2,1H3. The minimum absolute atomic E-state index is 0.0659. The van der Waals surface area contributed by atoms with Crippen LogP contribution in [0, 0.1) is 5.82 Å². The third-order valence-electron chi connectivity index (χ3n) is 4.95. The summed E-state index contributed by atoms with van der Waals surface area (Å²) < 4.78 is 19.8. The largest absolute Gasteiger partial charge is 0.496 e. The van der Waals surface area contributed by atoms with Crippen LogP contribution in [0.4, 0.5) is 10.1 Å². The second-order valence-electron chi connectivity index (χ2n) is 6.34. The van der Waals surface area contributed by atoms with Gasteiger partial charge < -0.3 is 4.74 Å². The number of ether oxygens (including phenoxy) is 1. The highest BCUT2D eigenvalue weighted by Gasteiger charge is 2.50. The maximum Gasteiger partial charge on any atom is 0.246 e. The number of carbonyl (C=O) groups is 1. The Morgan fingerprint density at radius 1 is 1.20 bits per heavy atom. The van der Waals surface area contributed by atoms with Crippen molar-refractivity contribution in [2.75, 3.05) is 18.6 Å². The van der Waals surface area contributed by atoms with E-state index in [1.807, 2.05) is 18.2 Å². The molecule has 2 aliphatic rings. The van der Waals surface area contributed by atoms with E-state index < -0.39 is 0 Å². The van der Waals surface area contributed by atoms with Gasteiger partial charge in [-0.3, -0.25) is 14.6 Å². The molecule has 6 heteroatoms. The summed E-state index contributed by atoms with van der Waals surface area (Å²) >= 11 is 3.52. The highest BCUT2D eigenvalue weighted by molar-refractivity contribution is 9.10.